The van der Waals surface area contributed by atoms with E-state index < -0.39 is 6.16 Å². The Hall–Kier alpha value is -2.71. The summed E-state index contributed by atoms with van der Waals surface area (Å²) in [6.45, 7) is 0. The van der Waals surface area contributed by atoms with Crippen molar-refractivity contribution in [1.29, 1.82) is 0 Å². The second kappa shape index (κ2) is 11.2. The zero-order chi connectivity index (χ0) is 20.4. The standard InChI is InChI=1S/C19H19ClN2O5S/c1-25-17-9-13(6-7-16(17)27-19(24)26-2)10-21-22-18(23)12-28-11-14-4-3-5-15(20)8-14/h3-10H,11-12H2,1-2H3,(H,22,23)/b21-10-. The Bertz CT molecular complexity index is 860. The van der Waals surface area contributed by atoms with Gasteiger partial charge in [-0.25, -0.2) is 10.2 Å². The molecule has 0 aromatic heterocycles. The van der Waals surface area contributed by atoms with Crippen LogP contribution in [0, 0.1) is 0 Å². The largest absolute Gasteiger partial charge is 0.513 e. The maximum atomic E-state index is 11.9. The lowest BCUT2D eigenvalue weighted by molar-refractivity contribution is -0.118. The lowest BCUT2D eigenvalue weighted by Gasteiger charge is -2.08. The van der Waals surface area contributed by atoms with Crippen molar-refractivity contribution >= 4 is 41.6 Å². The third kappa shape index (κ3) is 7.13. The van der Waals surface area contributed by atoms with Crippen LogP contribution in [0.4, 0.5) is 4.79 Å². The predicted molar refractivity (Wildman–Crippen MR) is 109 cm³/mol. The van der Waals surface area contributed by atoms with Crippen LogP contribution in [0.1, 0.15) is 11.1 Å². The number of nitrogens with zero attached hydrogens (tertiary/aromatic N) is 1. The molecule has 0 saturated heterocycles. The molecule has 0 aliphatic heterocycles. The average Bonchev–Trinajstić information content (AvgIpc) is 2.69. The molecule has 0 unspecified atom stereocenters. The zero-order valence-electron chi connectivity index (χ0n) is 15.3. The Balaban J connectivity index is 1.82. The maximum absolute atomic E-state index is 11.9. The van der Waals surface area contributed by atoms with Crippen LogP contribution in [-0.2, 0) is 15.3 Å². The van der Waals surface area contributed by atoms with Gasteiger partial charge in [0.2, 0.25) is 5.91 Å². The van der Waals surface area contributed by atoms with Gasteiger partial charge < -0.3 is 14.2 Å². The highest BCUT2D eigenvalue weighted by Crippen LogP contribution is 2.27. The molecule has 1 N–H and O–H groups in total. The molecule has 0 heterocycles. The zero-order valence-corrected chi connectivity index (χ0v) is 16.9. The van der Waals surface area contributed by atoms with E-state index in [1.165, 1.54) is 32.2 Å². The van der Waals surface area contributed by atoms with Crippen LogP contribution in [-0.4, -0.2) is 38.2 Å². The number of rotatable bonds is 8. The summed E-state index contributed by atoms with van der Waals surface area (Å²) in [6.07, 6.45) is 0.617. The highest BCUT2D eigenvalue weighted by atomic mass is 35.5. The molecule has 2 rings (SSSR count). The molecule has 0 spiro atoms. The number of amides is 1. The van der Waals surface area contributed by atoms with Crippen LogP contribution < -0.4 is 14.9 Å². The molecule has 0 fully saturated rings. The number of methoxy groups -OCH3 is 2. The van der Waals surface area contributed by atoms with Gasteiger partial charge in [0.1, 0.15) is 0 Å². The summed E-state index contributed by atoms with van der Waals surface area (Å²) >= 11 is 7.39. The molecular weight excluding hydrogens is 404 g/mol. The minimum absolute atomic E-state index is 0.216. The van der Waals surface area contributed by atoms with Crippen LogP contribution >= 0.6 is 23.4 Å². The van der Waals surface area contributed by atoms with Crippen LogP contribution in [0.15, 0.2) is 47.6 Å². The second-order valence-electron chi connectivity index (χ2n) is 5.38. The molecule has 0 aliphatic rings. The lowest BCUT2D eigenvalue weighted by atomic mass is 10.2. The van der Waals surface area contributed by atoms with Crippen molar-refractivity contribution in [3.8, 4) is 11.5 Å². The number of ether oxygens (including phenoxy) is 3. The van der Waals surface area contributed by atoms with Gasteiger partial charge in [0.25, 0.3) is 0 Å². The van der Waals surface area contributed by atoms with Gasteiger partial charge in [0.05, 0.1) is 26.2 Å². The first-order valence-electron chi connectivity index (χ1n) is 8.09. The number of thioether (sulfide) groups is 1. The number of carbonyl (C=O) groups is 2. The number of hydrogen-bond acceptors (Lipinski definition) is 7. The molecule has 0 aliphatic carbocycles. The molecule has 9 heteroatoms. The third-order valence-corrected chi connectivity index (χ3v) is 4.58. The smallest absolute Gasteiger partial charge is 0.493 e. The molecule has 0 saturated carbocycles. The van der Waals surface area contributed by atoms with E-state index in [4.69, 9.17) is 21.1 Å². The first-order valence-corrected chi connectivity index (χ1v) is 9.63. The summed E-state index contributed by atoms with van der Waals surface area (Å²) in [6, 6.07) is 12.3. The number of carbonyl (C=O) groups excluding carboxylic acids is 2. The fourth-order valence-electron chi connectivity index (χ4n) is 2.08. The van der Waals surface area contributed by atoms with Crippen molar-refractivity contribution in [3.63, 3.8) is 0 Å². The Morgan fingerprint density at radius 3 is 2.71 bits per heavy atom. The summed E-state index contributed by atoms with van der Waals surface area (Å²) in [5.74, 6) is 1.27. The van der Waals surface area contributed by atoms with Crippen molar-refractivity contribution in [3.05, 3.63) is 58.6 Å². The van der Waals surface area contributed by atoms with E-state index in [-0.39, 0.29) is 17.4 Å². The molecule has 0 radical (unpaired) electrons. The van der Waals surface area contributed by atoms with E-state index in [9.17, 15) is 9.59 Å². The fourth-order valence-corrected chi connectivity index (χ4v) is 3.06. The summed E-state index contributed by atoms with van der Waals surface area (Å²) < 4.78 is 14.6. The number of nitrogens with one attached hydrogen (secondary N) is 1. The molecule has 2 aromatic rings. The summed E-state index contributed by atoms with van der Waals surface area (Å²) in [7, 11) is 2.66. The van der Waals surface area contributed by atoms with Gasteiger partial charge in [0, 0.05) is 10.8 Å². The van der Waals surface area contributed by atoms with Crippen LogP contribution in [0.5, 0.6) is 11.5 Å². The van der Waals surface area contributed by atoms with Crippen molar-refractivity contribution in [2.75, 3.05) is 20.0 Å². The second-order valence-corrected chi connectivity index (χ2v) is 6.80. The topological polar surface area (TPSA) is 86.2 Å². The first kappa shape index (κ1) is 21.6. The van der Waals surface area contributed by atoms with Crippen LogP contribution in [0.2, 0.25) is 5.02 Å². The van der Waals surface area contributed by atoms with Crippen LogP contribution in [0.25, 0.3) is 0 Å². The monoisotopic (exact) mass is 422 g/mol. The maximum Gasteiger partial charge on any atom is 0.513 e. The molecule has 0 bridgehead atoms. The number of benzene rings is 2. The highest BCUT2D eigenvalue weighted by Gasteiger charge is 2.10. The Morgan fingerprint density at radius 2 is 2.00 bits per heavy atom. The number of halogens is 1. The van der Waals surface area contributed by atoms with Gasteiger partial charge in [-0.15, -0.1) is 11.8 Å². The molecule has 148 valence electrons. The van der Waals surface area contributed by atoms with Gasteiger partial charge >= 0.3 is 6.16 Å². The van der Waals surface area contributed by atoms with E-state index in [1.807, 2.05) is 18.2 Å². The fraction of sp³-hybridized carbons (Fsp3) is 0.211. The van der Waals surface area contributed by atoms with Crippen LogP contribution in [0.3, 0.4) is 0 Å². The quantitative estimate of drug-likeness (QED) is 0.301. The lowest BCUT2D eigenvalue weighted by Crippen LogP contribution is -2.19. The van der Waals surface area contributed by atoms with Gasteiger partial charge in [-0.05, 0) is 41.5 Å². The normalized spacial score (nSPS) is 10.5. The SMILES string of the molecule is COC(=O)Oc1ccc(/C=N\NC(=O)CSCc2cccc(Cl)c2)cc1OC. The average molecular weight is 423 g/mol. The van der Waals surface area contributed by atoms with Gasteiger partial charge in [-0.1, -0.05) is 23.7 Å². The van der Waals surface area contributed by atoms with Crippen molar-refractivity contribution < 1.29 is 23.8 Å². The van der Waals surface area contributed by atoms with Gasteiger partial charge in [0.15, 0.2) is 11.5 Å². The predicted octanol–water partition coefficient (Wildman–Crippen LogP) is 3.88. The Kier molecular flexibility index (Phi) is 8.64. The minimum Gasteiger partial charge on any atom is -0.493 e. The summed E-state index contributed by atoms with van der Waals surface area (Å²) in [5.41, 5.74) is 4.16. The highest BCUT2D eigenvalue weighted by molar-refractivity contribution is 7.99. The number of hydrogen-bond donors (Lipinski definition) is 1. The van der Waals surface area contributed by atoms with E-state index >= 15 is 0 Å². The summed E-state index contributed by atoms with van der Waals surface area (Å²) in [4.78, 5) is 23.0. The first-order chi connectivity index (χ1) is 13.5. The molecule has 28 heavy (non-hydrogen) atoms. The van der Waals surface area contributed by atoms with Gasteiger partial charge in [-0.2, -0.15) is 5.10 Å². The molecule has 2 aromatic carbocycles. The molecule has 1 amide bonds. The molecule has 0 atom stereocenters. The molecule has 7 nitrogen and oxygen atoms in total. The van der Waals surface area contributed by atoms with E-state index in [0.717, 1.165) is 5.56 Å². The minimum atomic E-state index is -0.845. The van der Waals surface area contributed by atoms with Crippen molar-refractivity contribution in [2.45, 2.75) is 5.75 Å². The third-order valence-electron chi connectivity index (χ3n) is 3.34. The summed E-state index contributed by atoms with van der Waals surface area (Å²) in [5, 5.41) is 4.59. The van der Waals surface area contributed by atoms with E-state index in [1.54, 1.807) is 24.3 Å². The van der Waals surface area contributed by atoms with Crippen molar-refractivity contribution in [2.24, 2.45) is 5.10 Å². The molecular formula is C19H19ClN2O5S. The van der Waals surface area contributed by atoms with E-state index in [2.05, 4.69) is 15.3 Å². The van der Waals surface area contributed by atoms with Crippen molar-refractivity contribution in [1.82, 2.24) is 5.43 Å². The Labute approximate surface area is 172 Å². The van der Waals surface area contributed by atoms with E-state index in [0.29, 0.717) is 22.1 Å². The number of hydrazone groups is 1. The Morgan fingerprint density at radius 1 is 1.18 bits per heavy atom. The van der Waals surface area contributed by atoms with Gasteiger partial charge in [-0.3, -0.25) is 4.79 Å².